The normalized spacial score (nSPS) is 17.1. The Morgan fingerprint density at radius 3 is 2.22 bits per heavy atom. The Kier molecular flexibility index (Phi) is 9.19. The van der Waals surface area contributed by atoms with Crippen molar-refractivity contribution in [1.29, 1.82) is 0 Å². The zero-order chi connectivity index (χ0) is 28.9. The van der Waals surface area contributed by atoms with Crippen LogP contribution in [-0.4, -0.2) is 86.3 Å². The Hall–Kier alpha value is -3.50. The van der Waals surface area contributed by atoms with Crippen LogP contribution in [0.25, 0.3) is 0 Å². The molecule has 0 bridgehead atoms. The van der Waals surface area contributed by atoms with Gasteiger partial charge in [0.25, 0.3) is 0 Å². The summed E-state index contributed by atoms with van der Waals surface area (Å²) in [6.07, 6.45) is 6.43. The number of methoxy groups -OCH3 is 2. The van der Waals surface area contributed by atoms with Crippen LogP contribution in [0.15, 0.2) is 36.7 Å². The summed E-state index contributed by atoms with van der Waals surface area (Å²) in [4.78, 5) is 16.3. The van der Waals surface area contributed by atoms with E-state index in [1.54, 1.807) is 26.4 Å². The maximum Gasteiger partial charge on any atom is 0.227 e. The maximum atomic E-state index is 14.6. The van der Waals surface area contributed by atoms with Crippen molar-refractivity contribution in [3.63, 3.8) is 0 Å². The molecule has 10 heteroatoms. The second kappa shape index (κ2) is 13.0. The zero-order valence-corrected chi connectivity index (χ0v) is 24.4. The number of aromatic nitrogens is 2. The van der Waals surface area contributed by atoms with Gasteiger partial charge >= 0.3 is 0 Å². The summed E-state index contributed by atoms with van der Waals surface area (Å²) in [7, 11) is 5.27. The summed E-state index contributed by atoms with van der Waals surface area (Å²) in [6, 6.07) is 8.12. The van der Waals surface area contributed by atoms with Gasteiger partial charge in [-0.2, -0.15) is 0 Å². The highest BCUT2D eigenvalue weighted by atomic mass is 19.1. The predicted octanol–water partition coefficient (Wildman–Crippen LogP) is 4.83. The van der Waals surface area contributed by atoms with Crippen LogP contribution < -0.4 is 19.7 Å². The van der Waals surface area contributed by atoms with Crippen molar-refractivity contribution in [3.05, 3.63) is 65.0 Å². The zero-order valence-electron chi connectivity index (χ0n) is 24.4. The molecule has 0 amide bonds. The van der Waals surface area contributed by atoms with Crippen molar-refractivity contribution in [2.75, 3.05) is 70.8 Å². The van der Waals surface area contributed by atoms with Gasteiger partial charge < -0.3 is 24.6 Å². The second-order valence-corrected chi connectivity index (χ2v) is 11.0. The van der Waals surface area contributed by atoms with E-state index in [1.807, 2.05) is 12.1 Å². The standard InChI is InChI=1S/C31H40F2N6O2/c1-21-17-28(41-4)30(33)25(29(21)32)7-5-22-19-34-31(35-20-22)36-23-6-8-26(27(18-23)40-3)39-15-13-38(14-16-39)24-9-11-37(2)12-10-24/h6,8,17-20,24H,5,7,9-16H2,1-4H3,(H,34,35,36). The fourth-order valence-corrected chi connectivity index (χ4v) is 5.83. The van der Waals surface area contributed by atoms with E-state index in [-0.39, 0.29) is 17.7 Å². The van der Waals surface area contributed by atoms with Crippen molar-refractivity contribution < 1.29 is 18.3 Å². The molecule has 3 aromatic rings. The van der Waals surface area contributed by atoms with Crippen molar-refractivity contribution >= 4 is 17.3 Å². The molecule has 220 valence electrons. The molecular formula is C31H40F2N6O2. The largest absolute Gasteiger partial charge is 0.495 e. The number of likely N-dealkylation sites (tertiary alicyclic amines) is 1. The van der Waals surface area contributed by atoms with Crippen molar-refractivity contribution in [3.8, 4) is 11.5 Å². The van der Waals surface area contributed by atoms with Gasteiger partial charge in [0.2, 0.25) is 5.95 Å². The van der Waals surface area contributed by atoms with E-state index in [1.165, 1.54) is 39.1 Å². The Morgan fingerprint density at radius 2 is 1.56 bits per heavy atom. The van der Waals surface area contributed by atoms with Crippen molar-refractivity contribution in [1.82, 2.24) is 19.8 Å². The smallest absolute Gasteiger partial charge is 0.227 e. The van der Waals surface area contributed by atoms with E-state index < -0.39 is 11.6 Å². The Bertz CT molecular complexity index is 1320. The summed E-state index contributed by atoms with van der Waals surface area (Å²) in [5.41, 5.74) is 3.05. The van der Waals surface area contributed by atoms with Gasteiger partial charge in [-0.25, -0.2) is 18.7 Å². The van der Waals surface area contributed by atoms with Crippen LogP contribution in [0.1, 0.15) is 29.5 Å². The molecule has 5 rings (SSSR count). The van der Waals surface area contributed by atoms with E-state index in [9.17, 15) is 8.78 Å². The molecular weight excluding hydrogens is 526 g/mol. The molecule has 0 aliphatic carbocycles. The highest BCUT2D eigenvalue weighted by Crippen LogP contribution is 2.33. The quantitative estimate of drug-likeness (QED) is 0.396. The van der Waals surface area contributed by atoms with Gasteiger partial charge in [0, 0.05) is 61.9 Å². The topological polar surface area (TPSA) is 66.0 Å². The Balaban J connectivity index is 1.18. The average molecular weight is 567 g/mol. The third-order valence-electron chi connectivity index (χ3n) is 8.32. The van der Waals surface area contributed by atoms with E-state index in [0.717, 1.165) is 48.9 Å². The molecule has 2 fully saturated rings. The van der Waals surface area contributed by atoms with Gasteiger partial charge in [0.05, 0.1) is 19.9 Å². The number of ether oxygens (including phenoxy) is 2. The highest BCUT2D eigenvalue weighted by molar-refractivity contribution is 5.67. The van der Waals surface area contributed by atoms with Gasteiger partial charge in [-0.3, -0.25) is 4.90 Å². The number of anilines is 3. The number of rotatable bonds is 9. The first-order chi connectivity index (χ1) is 19.9. The van der Waals surface area contributed by atoms with Gasteiger partial charge in [0.15, 0.2) is 11.6 Å². The minimum atomic E-state index is -0.661. The summed E-state index contributed by atoms with van der Waals surface area (Å²) in [5.74, 6) is 0.0818. The molecule has 3 heterocycles. The highest BCUT2D eigenvalue weighted by Gasteiger charge is 2.27. The second-order valence-electron chi connectivity index (χ2n) is 11.0. The summed E-state index contributed by atoms with van der Waals surface area (Å²) in [5, 5.41) is 3.23. The lowest BCUT2D eigenvalue weighted by Gasteiger charge is -2.43. The van der Waals surface area contributed by atoms with Crippen molar-refractivity contribution in [2.45, 2.75) is 38.6 Å². The minimum absolute atomic E-state index is 0.0134. The third kappa shape index (κ3) is 6.70. The van der Waals surface area contributed by atoms with Crippen molar-refractivity contribution in [2.24, 2.45) is 0 Å². The number of piperidine rings is 1. The first-order valence-electron chi connectivity index (χ1n) is 14.3. The number of benzene rings is 2. The monoisotopic (exact) mass is 566 g/mol. The first-order valence-corrected chi connectivity index (χ1v) is 14.3. The molecule has 0 unspecified atom stereocenters. The van der Waals surface area contributed by atoms with Gasteiger partial charge in [0.1, 0.15) is 11.6 Å². The van der Waals surface area contributed by atoms with Crippen LogP contribution in [0.4, 0.5) is 26.1 Å². The number of hydrogen-bond acceptors (Lipinski definition) is 8. The van der Waals surface area contributed by atoms with Crippen LogP contribution in [-0.2, 0) is 12.8 Å². The molecule has 2 saturated heterocycles. The summed E-state index contributed by atoms with van der Waals surface area (Å²) in [6.45, 7) is 8.05. The molecule has 8 nitrogen and oxygen atoms in total. The number of aryl methyl sites for hydroxylation is 2. The summed E-state index contributed by atoms with van der Waals surface area (Å²) >= 11 is 0. The van der Waals surface area contributed by atoms with E-state index in [0.29, 0.717) is 24.0 Å². The van der Waals surface area contributed by atoms with Crippen LogP contribution in [0.3, 0.4) is 0 Å². The molecule has 2 aliphatic rings. The van der Waals surface area contributed by atoms with Crippen LogP contribution in [0.2, 0.25) is 0 Å². The lowest BCUT2D eigenvalue weighted by atomic mass is 10.0. The fourth-order valence-electron chi connectivity index (χ4n) is 5.83. The molecule has 0 radical (unpaired) electrons. The molecule has 0 atom stereocenters. The molecule has 2 aliphatic heterocycles. The van der Waals surface area contributed by atoms with Gasteiger partial charge in [-0.1, -0.05) is 0 Å². The predicted molar refractivity (Wildman–Crippen MR) is 158 cm³/mol. The molecule has 1 aromatic heterocycles. The number of nitrogens with one attached hydrogen (secondary N) is 1. The summed E-state index contributed by atoms with van der Waals surface area (Å²) < 4.78 is 40.0. The number of piperazine rings is 1. The third-order valence-corrected chi connectivity index (χ3v) is 8.32. The fraction of sp³-hybridized carbons (Fsp3) is 0.484. The van der Waals surface area contributed by atoms with Crippen LogP contribution >= 0.6 is 0 Å². The average Bonchev–Trinajstić information content (AvgIpc) is 3.00. The van der Waals surface area contributed by atoms with E-state index in [2.05, 4.69) is 43.1 Å². The van der Waals surface area contributed by atoms with Gasteiger partial charge in [-0.05, 0) is 82.1 Å². The Morgan fingerprint density at radius 1 is 0.878 bits per heavy atom. The van der Waals surface area contributed by atoms with E-state index in [4.69, 9.17) is 9.47 Å². The van der Waals surface area contributed by atoms with E-state index >= 15 is 0 Å². The first kappa shape index (κ1) is 29.0. The molecule has 41 heavy (non-hydrogen) atoms. The molecule has 0 saturated carbocycles. The molecule has 2 aromatic carbocycles. The lowest BCUT2D eigenvalue weighted by Crippen LogP contribution is -2.53. The Labute approximate surface area is 241 Å². The molecule has 1 N–H and O–H groups in total. The van der Waals surface area contributed by atoms with Gasteiger partial charge in [-0.15, -0.1) is 0 Å². The SMILES string of the molecule is COc1cc(Nc2ncc(CCc3c(F)c(C)cc(OC)c3F)cn2)ccc1N1CCN(C2CCN(C)CC2)CC1. The number of halogens is 2. The maximum absolute atomic E-state index is 14.6. The minimum Gasteiger partial charge on any atom is -0.495 e. The number of hydrogen-bond donors (Lipinski definition) is 1. The van der Waals surface area contributed by atoms with Crippen LogP contribution in [0.5, 0.6) is 11.5 Å². The lowest BCUT2D eigenvalue weighted by molar-refractivity contribution is 0.115. The number of nitrogens with zero attached hydrogens (tertiary/aromatic N) is 5. The van der Waals surface area contributed by atoms with Crippen LogP contribution in [0, 0.1) is 18.6 Å². The molecule has 0 spiro atoms.